The lowest BCUT2D eigenvalue weighted by Gasteiger charge is -1.76. The third kappa shape index (κ3) is 13.7. The smallest absolute Gasteiger partial charge is 0.198 e. The summed E-state index contributed by atoms with van der Waals surface area (Å²) in [6.07, 6.45) is 2.56. The van der Waals surface area contributed by atoms with Crippen LogP contribution in [0.5, 0.6) is 0 Å². The zero-order valence-corrected chi connectivity index (χ0v) is 9.61. The van der Waals surface area contributed by atoms with Crippen LogP contribution in [0.4, 0.5) is 0 Å². The lowest BCUT2D eigenvalue weighted by atomic mass is 10.4. The molecule has 1 rings (SSSR count). The number of halogens is 1. The molecule has 0 aromatic carbocycles. The van der Waals surface area contributed by atoms with Crippen LogP contribution in [-0.4, -0.2) is 28.4 Å². The minimum atomic E-state index is 0. The summed E-state index contributed by atoms with van der Waals surface area (Å²) < 4.78 is 4.94. The molecule has 0 amide bonds. The van der Waals surface area contributed by atoms with Gasteiger partial charge in [-0.2, -0.15) is 0 Å². The lowest BCUT2D eigenvalue weighted by Crippen LogP contribution is -1.76. The van der Waals surface area contributed by atoms with Gasteiger partial charge in [-0.3, -0.25) is 0 Å². The summed E-state index contributed by atoms with van der Waals surface area (Å²) >= 11 is 0.815. The Morgan fingerprint density at radius 2 is 1.55 bits per heavy atom. The standard InChI is InChI=1S/C4H8O.2C2H5.Al.ClH/c1-2-4-5-3-1;2*1-2;;/h1-4H2;2*1H2,2H3;;1H. The van der Waals surface area contributed by atoms with Crippen molar-refractivity contribution in [2.75, 3.05) is 13.2 Å². The fourth-order valence-electron chi connectivity index (χ4n) is 0.799. The van der Waals surface area contributed by atoms with E-state index < -0.39 is 0 Å². The van der Waals surface area contributed by atoms with Gasteiger partial charge in [0.05, 0.1) is 0 Å². The highest BCUT2D eigenvalue weighted by Gasteiger charge is 1.94. The Morgan fingerprint density at radius 3 is 1.64 bits per heavy atom. The predicted octanol–water partition coefficient (Wildman–Crippen LogP) is 2.79. The molecule has 11 heavy (non-hydrogen) atoms. The molecule has 0 atom stereocenters. The molecular formula is C8H19AlClO. The Balaban J connectivity index is 0. The van der Waals surface area contributed by atoms with E-state index >= 15 is 0 Å². The van der Waals surface area contributed by atoms with Crippen molar-refractivity contribution in [3.05, 3.63) is 0 Å². The van der Waals surface area contributed by atoms with Crippen molar-refractivity contribution < 1.29 is 4.74 Å². The predicted molar refractivity (Wildman–Crippen MR) is 54.0 cm³/mol. The normalized spacial score (nSPS) is 14.4. The Labute approximate surface area is 83.0 Å². The van der Waals surface area contributed by atoms with Gasteiger partial charge in [0.2, 0.25) is 0 Å². The maximum Gasteiger partial charge on any atom is 0.198 e. The summed E-state index contributed by atoms with van der Waals surface area (Å²) in [5.74, 6) is 0. The van der Waals surface area contributed by atoms with Gasteiger partial charge in [-0.15, -0.1) is 23.0 Å². The van der Waals surface area contributed by atoms with Crippen LogP contribution in [-0.2, 0) is 4.74 Å². The second kappa shape index (κ2) is 13.4. The fraction of sp³-hybridized carbons (Fsp3) is 1.00. The molecule has 0 spiro atoms. The molecule has 3 heteroatoms. The minimum Gasteiger partial charge on any atom is -0.381 e. The van der Waals surface area contributed by atoms with Crippen LogP contribution in [0.3, 0.4) is 0 Å². The van der Waals surface area contributed by atoms with E-state index in [1.54, 1.807) is 0 Å². The highest BCUT2D eigenvalue weighted by Crippen LogP contribution is 1.98. The highest BCUT2D eigenvalue weighted by atomic mass is 35.5. The van der Waals surface area contributed by atoms with Crippen molar-refractivity contribution in [1.29, 1.82) is 0 Å². The number of hydrogen-bond acceptors (Lipinski definition) is 1. The summed E-state index contributed by atoms with van der Waals surface area (Å²) in [6, 6.07) is 0. The van der Waals surface area contributed by atoms with Gasteiger partial charge < -0.3 is 4.74 Å². The molecule has 0 aliphatic carbocycles. The van der Waals surface area contributed by atoms with Gasteiger partial charge in [-0.1, -0.05) is 13.8 Å². The average Bonchev–Trinajstić information content (AvgIpc) is 2.44. The first-order chi connectivity index (χ1) is 4.91. The van der Waals surface area contributed by atoms with Crippen LogP contribution >= 0.6 is 12.4 Å². The SMILES string of the molecule is C1CCOC1.C[CH2][Al][CH2]C.Cl. The van der Waals surface area contributed by atoms with Crippen molar-refractivity contribution in [1.82, 2.24) is 0 Å². The van der Waals surface area contributed by atoms with Crippen molar-refractivity contribution in [2.45, 2.75) is 37.3 Å². The zero-order chi connectivity index (χ0) is 7.66. The molecule has 1 radical (unpaired) electrons. The second-order valence-electron chi connectivity index (χ2n) is 2.42. The van der Waals surface area contributed by atoms with Gasteiger partial charge in [0.15, 0.2) is 15.2 Å². The van der Waals surface area contributed by atoms with Gasteiger partial charge in [-0.25, -0.2) is 0 Å². The third-order valence-electron chi connectivity index (χ3n) is 1.40. The van der Waals surface area contributed by atoms with Gasteiger partial charge in [0, 0.05) is 13.2 Å². The summed E-state index contributed by atoms with van der Waals surface area (Å²) in [6.45, 7) is 6.50. The topological polar surface area (TPSA) is 9.23 Å². The molecule has 1 saturated heterocycles. The van der Waals surface area contributed by atoms with Crippen molar-refractivity contribution in [2.24, 2.45) is 0 Å². The Hall–Kier alpha value is 0.782. The molecule has 1 fully saturated rings. The molecule has 0 aromatic rings. The molecule has 0 N–H and O–H groups in total. The van der Waals surface area contributed by atoms with E-state index in [4.69, 9.17) is 4.74 Å². The first kappa shape index (κ1) is 14.3. The van der Waals surface area contributed by atoms with Gasteiger partial charge >= 0.3 is 0 Å². The molecule has 67 valence electrons. The first-order valence-electron chi connectivity index (χ1n) is 4.31. The molecule has 0 bridgehead atoms. The number of rotatable bonds is 2. The lowest BCUT2D eigenvalue weighted by molar-refractivity contribution is 0.198. The zero-order valence-electron chi connectivity index (χ0n) is 7.64. The molecule has 0 saturated carbocycles. The highest BCUT2D eigenvalue weighted by molar-refractivity contribution is 6.34. The molecule has 1 nitrogen and oxygen atoms in total. The van der Waals surface area contributed by atoms with Gasteiger partial charge in [-0.05, 0) is 12.8 Å². The van der Waals surface area contributed by atoms with Crippen molar-refractivity contribution in [3.63, 3.8) is 0 Å². The first-order valence-corrected chi connectivity index (χ1v) is 5.94. The Morgan fingerprint density at radius 1 is 1.09 bits per heavy atom. The third-order valence-corrected chi connectivity index (χ3v) is 2.56. The molecular weight excluding hydrogens is 175 g/mol. The summed E-state index contributed by atoms with van der Waals surface area (Å²) in [7, 11) is 0. The van der Waals surface area contributed by atoms with Crippen LogP contribution in [0.1, 0.15) is 26.7 Å². The van der Waals surface area contributed by atoms with E-state index in [0.717, 1.165) is 28.4 Å². The summed E-state index contributed by atoms with van der Waals surface area (Å²) in [4.78, 5) is 0. The van der Waals surface area contributed by atoms with E-state index in [2.05, 4.69) is 13.8 Å². The molecule has 0 unspecified atom stereocenters. The quantitative estimate of drug-likeness (QED) is 0.613. The fourth-order valence-corrected chi connectivity index (χ4v) is 1.38. The van der Waals surface area contributed by atoms with Crippen LogP contribution in [0, 0.1) is 0 Å². The minimum absolute atomic E-state index is 0. The largest absolute Gasteiger partial charge is 0.381 e. The number of hydrogen-bond donors (Lipinski definition) is 0. The molecule has 0 aromatic heterocycles. The maximum absolute atomic E-state index is 4.94. The van der Waals surface area contributed by atoms with E-state index in [-0.39, 0.29) is 12.4 Å². The van der Waals surface area contributed by atoms with Crippen molar-refractivity contribution >= 4 is 27.6 Å². The maximum atomic E-state index is 4.94. The summed E-state index contributed by atoms with van der Waals surface area (Å²) in [5, 5.41) is 2.85. The average molecular weight is 194 g/mol. The van der Waals surface area contributed by atoms with E-state index in [1.165, 1.54) is 23.4 Å². The second-order valence-corrected chi connectivity index (χ2v) is 4.63. The Kier molecular flexibility index (Phi) is 17.4. The van der Waals surface area contributed by atoms with Crippen LogP contribution in [0.25, 0.3) is 0 Å². The van der Waals surface area contributed by atoms with E-state index in [0.29, 0.717) is 0 Å². The molecule has 1 aliphatic heterocycles. The monoisotopic (exact) mass is 193 g/mol. The van der Waals surface area contributed by atoms with Crippen LogP contribution in [0.2, 0.25) is 10.6 Å². The van der Waals surface area contributed by atoms with Crippen LogP contribution < -0.4 is 0 Å². The van der Waals surface area contributed by atoms with Crippen LogP contribution in [0.15, 0.2) is 0 Å². The van der Waals surface area contributed by atoms with Gasteiger partial charge in [0.25, 0.3) is 0 Å². The van der Waals surface area contributed by atoms with E-state index in [9.17, 15) is 0 Å². The molecule has 1 aliphatic rings. The van der Waals surface area contributed by atoms with E-state index in [1.807, 2.05) is 0 Å². The number of ether oxygens (including phenoxy) is 1. The Bertz CT molecular complexity index is 48.4. The van der Waals surface area contributed by atoms with Crippen molar-refractivity contribution in [3.8, 4) is 0 Å². The molecule has 1 heterocycles. The summed E-state index contributed by atoms with van der Waals surface area (Å²) in [5.41, 5.74) is 0. The van der Waals surface area contributed by atoms with Gasteiger partial charge in [0.1, 0.15) is 0 Å².